The Balaban J connectivity index is 2.05. The van der Waals surface area contributed by atoms with E-state index in [2.05, 4.69) is 5.10 Å². The molecule has 0 saturated heterocycles. The van der Waals surface area contributed by atoms with Crippen molar-refractivity contribution in [2.75, 3.05) is 14.2 Å². The first kappa shape index (κ1) is 17.9. The van der Waals surface area contributed by atoms with Crippen molar-refractivity contribution in [3.05, 3.63) is 60.4 Å². The number of pyridine rings is 1. The number of rotatable bonds is 4. The van der Waals surface area contributed by atoms with Gasteiger partial charge in [-0.15, -0.1) is 0 Å². The minimum Gasteiger partial charge on any atom is -0.493 e. The van der Waals surface area contributed by atoms with Crippen LogP contribution in [-0.2, 0) is 7.05 Å². The third-order valence-corrected chi connectivity index (χ3v) is 4.55. The van der Waals surface area contributed by atoms with E-state index < -0.39 is 11.6 Å². The van der Waals surface area contributed by atoms with E-state index in [1.807, 2.05) is 19.3 Å². The zero-order chi connectivity index (χ0) is 19.8. The van der Waals surface area contributed by atoms with Crippen LogP contribution in [0, 0.1) is 11.6 Å². The molecule has 28 heavy (non-hydrogen) atoms. The minimum atomic E-state index is -0.911. The molecule has 2 aromatic heterocycles. The van der Waals surface area contributed by atoms with E-state index in [4.69, 9.17) is 14.5 Å². The number of benzene rings is 2. The van der Waals surface area contributed by atoms with Crippen LogP contribution in [0.2, 0.25) is 0 Å². The molecule has 7 heteroatoms. The van der Waals surface area contributed by atoms with Gasteiger partial charge in [0.15, 0.2) is 23.1 Å². The second kappa shape index (κ2) is 6.92. The molecule has 2 heterocycles. The van der Waals surface area contributed by atoms with Gasteiger partial charge in [-0.25, -0.2) is 13.8 Å². The lowest BCUT2D eigenvalue weighted by Crippen LogP contribution is -1.95. The molecular formula is C21H17F2N3O2. The molecule has 0 fully saturated rings. The monoisotopic (exact) mass is 381 g/mol. The third-order valence-electron chi connectivity index (χ3n) is 4.55. The molecule has 0 aliphatic heterocycles. The molecule has 0 aliphatic rings. The average molecular weight is 381 g/mol. The molecule has 142 valence electrons. The van der Waals surface area contributed by atoms with Crippen LogP contribution in [0.4, 0.5) is 8.78 Å². The van der Waals surface area contributed by atoms with Crippen molar-refractivity contribution >= 4 is 10.9 Å². The largest absolute Gasteiger partial charge is 0.493 e. The van der Waals surface area contributed by atoms with Gasteiger partial charge >= 0.3 is 0 Å². The van der Waals surface area contributed by atoms with Crippen LogP contribution in [0.15, 0.2) is 48.8 Å². The van der Waals surface area contributed by atoms with E-state index in [0.29, 0.717) is 33.8 Å². The first-order valence-corrected chi connectivity index (χ1v) is 8.51. The molecule has 0 saturated carbocycles. The van der Waals surface area contributed by atoms with Gasteiger partial charge in [0.25, 0.3) is 0 Å². The number of methoxy groups -OCH3 is 2. The number of ether oxygens (including phenoxy) is 2. The van der Waals surface area contributed by atoms with Crippen molar-refractivity contribution in [3.8, 4) is 33.9 Å². The van der Waals surface area contributed by atoms with Crippen LogP contribution in [0.1, 0.15) is 0 Å². The summed E-state index contributed by atoms with van der Waals surface area (Å²) >= 11 is 0. The summed E-state index contributed by atoms with van der Waals surface area (Å²) in [5, 5.41) is 4.92. The summed E-state index contributed by atoms with van der Waals surface area (Å²) in [5.74, 6) is -0.753. The van der Waals surface area contributed by atoms with Gasteiger partial charge < -0.3 is 9.47 Å². The fraction of sp³-hybridized carbons (Fsp3) is 0.143. The number of hydrogen-bond donors (Lipinski definition) is 0. The van der Waals surface area contributed by atoms with Crippen molar-refractivity contribution in [1.29, 1.82) is 0 Å². The minimum absolute atomic E-state index is 0.523. The lowest BCUT2D eigenvalue weighted by molar-refractivity contribution is 0.356. The molecule has 5 nitrogen and oxygen atoms in total. The SMILES string of the molecule is COc1cc2nc(-c3cnn(C)c3)cc(-c3ccc(F)c(F)c3)c2cc1OC. The first-order valence-electron chi connectivity index (χ1n) is 8.51. The number of nitrogens with zero attached hydrogens (tertiary/aromatic N) is 3. The average Bonchev–Trinajstić information content (AvgIpc) is 3.14. The van der Waals surface area contributed by atoms with Crippen molar-refractivity contribution in [2.45, 2.75) is 0 Å². The van der Waals surface area contributed by atoms with Gasteiger partial charge in [0, 0.05) is 30.3 Å². The van der Waals surface area contributed by atoms with Gasteiger partial charge in [0.1, 0.15) is 0 Å². The van der Waals surface area contributed by atoms with Crippen molar-refractivity contribution in [2.24, 2.45) is 7.05 Å². The molecule has 0 unspecified atom stereocenters. The van der Waals surface area contributed by atoms with Gasteiger partial charge in [0.05, 0.1) is 31.6 Å². The Morgan fingerprint density at radius 2 is 1.64 bits per heavy atom. The van der Waals surface area contributed by atoms with Crippen molar-refractivity contribution in [3.63, 3.8) is 0 Å². The quantitative estimate of drug-likeness (QED) is 0.519. The van der Waals surface area contributed by atoms with Gasteiger partial charge in [-0.1, -0.05) is 6.07 Å². The lowest BCUT2D eigenvalue weighted by atomic mass is 9.98. The summed E-state index contributed by atoms with van der Waals surface area (Å²) in [5.41, 5.74) is 3.33. The number of aromatic nitrogens is 3. The predicted molar refractivity (Wildman–Crippen MR) is 102 cm³/mol. The highest BCUT2D eigenvalue weighted by atomic mass is 19.2. The van der Waals surface area contributed by atoms with Crippen LogP contribution in [-0.4, -0.2) is 29.0 Å². The second-order valence-electron chi connectivity index (χ2n) is 6.31. The molecule has 0 aliphatic carbocycles. The highest BCUT2D eigenvalue weighted by molar-refractivity contribution is 5.98. The van der Waals surface area contributed by atoms with Gasteiger partial charge in [-0.05, 0) is 35.4 Å². The number of hydrogen-bond acceptors (Lipinski definition) is 4. The molecule has 0 amide bonds. The molecule has 0 bridgehead atoms. The summed E-state index contributed by atoms with van der Waals surface area (Å²) in [6.07, 6.45) is 3.54. The fourth-order valence-corrected chi connectivity index (χ4v) is 3.16. The summed E-state index contributed by atoms with van der Waals surface area (Å²) in [7, 11) is 4.90. The van der Waals surface area contributed by atoms with Crippen molar-refractivity contribution < 1.29 is 18.3 Å². The van der Waals surface area contributed by atoms with Crippen LogP contribution in [0.5, 0.6) is 11.5 Å². The first-order chi connectivity index (χ1) is 13.5. The third kappa shape index (κ3) is 3.05. The number of fused-ring (bicyclic) bond motifs is 1. The number of aryl methyl sites for hydroxylation is 1. The summed E-state index contributed by atoms with van der Waals surface area (Å²) < 4.78 is 39.8. The van der Waals surface area contributed by atoms with Crippen molar-refractivity contribution in [1.82, 2.24) is 14.8 Å². The molecular weight excluding hydrogens is 364 g/mol. The maximum Gasteiger partial charge on any atom is 0.162 e. The summed E-state index contributed by atoms with van der Waals surface area (Å²) in [6.45, 7) is 0. The smallest absolute Gasteiger partial charge is 0.162 e. The second-order valence-corrected chi connectivity index (χ2v) is 6.31. The standard InChI is InChI=1S/C21H17F2N3O2/c1-26-11-13(10-24-26)18-7-14(12-4-5-16(22)17(23)6-12)15-8-20(27-2)21(28-3)9-19(15)25-18/h4-11H,1-3H3. The molecule has 4 rings (SSSR count). The summed E-state index contributed by atoms with van der Waals surface area (Å²) in [4.78, 5) is 4.71. The Labute approximate surface area is 160 Å². The maximum absolute atomic E-state index is 13.9. The van der Waals surface area contributed by atoms with Crippen LogP contribution < -0.4 is 9.47 Å². The zero-order valence-electron chi connectivity index (χ0n) is 15.5. The van der Waals surface area contributed by atoms with Gasteiger partial charge in [0.2, 0.25) is 0 Å². The van der Waals surface area contributed by atoms with E-state index in [0.717, 1.165) is 17.0 Å². The fourth-order valence-electron chi connectivity index (χ4n) is 3.16. The highest BCUT2D eigenvalue weighted by Crippen LogP contribution is 2.38. The highest BCUT2D eigenvalue weighted by Gasteiger charge is 2.16. The normalized spacial score (nSPS) is 11.0. The van der Waals surface area contributed by atoms with Gasteiger partial charge in [-0.2, -0.15) is 5.10 Å². The van der Waals surface area contributed by atoms with E-state index in [1.165, 1.54) is 12.1 Å². The topological polar surface area (TPSA) is 49.2 Å². The number of halogens is 2. The zero-order valence-corrected chi connectivity index (χ0v) is 15.5. The lowest BCUT2D eigenvalue weighted by Gasteiger charge is -2.13. The Bertz CT molecular complexity index is 1190. The van der Waals surface area contributed by atoms with Crippen LogP contribution >= 0.6 is 0 Å². The predicted octanol–water partition coefficient (Wildman–Crippen LogP) is 4.60. The van der Waals surface area contributed by atoms with Gasteiger partial charge in [-0.3, -0.25) is 4.68 Å². The van der Waals surface area contributed by atoms with E-state index >= 15 is 0 Å². The molecule has 0 N–H and O–H groups in total. The molecule has 2 aromatic carbocycles. The Morgan fingerprint density at radius 3 is 2.29 bits per heavy atom. The van der Waals surface area contributed by atoms with E-state index in [-0.39, 0.29) is 0 Å². The van der Waals surface area contributed by atoms with Crippen LogP contribution in [0.3, 0.4) is 0 Å². The Kier molecular flexibility index (Phi) is 4.43. The van der Waals surface area contributed by atoms with E-state index in [1.54, 1.807) is 37.2 Å². The summed E-state index contributed by atoms with van der Waals surface area (Å²) in [6, 6.07) is 9.20. The molecule has 0 atom stereocenters. The van der Waals surface area contributed by atoms with Crippen LogP contribution in [0.25, 0.3) is 33.3 Å². The molecule has 0 radical (unpaired) electrons. The van der Waals surface area contributed by atoms with E-state index in [9.17, 15) is 8.78 Å². The molecule has 4 aromatic rings. The molecule has 0 spiro atoms. The Hall–Kier alpha value is -3.48. The Morgan fingerprint density at radius 1 is 0.893 bits per heavy atom. The maximum atomic E-state index is 13.9.